The zero-order valence-electron chi connectivity index (χ0n) is 13.9. The lowest BCUT2D eigenvalue weighted by Crippen LogP contribution is -2.45. The third-order valence-corrected chi connectivity index (χ3v) is 5.22. The molecule has 0 spiro atoms. The second-order valence-corrected chi connectivity index (χ2v) is 6.68. The third-order valence-electron chi connectivity index (χ3n) is 5.22. The molecule has 1 aliphatic carbocycles. The number of ether oxygens (including phenoxy) is 1. The molecule has 1 aromatic rings. The van der Waals surface area contributed by atoms with E-state index in [0.717, 1.165) is 45.1 Å². The molecule has 1 amide bonds. The lowest BCUT2D eigenvalue weighted by atomic mass is 9.80. The van der Waals surface area contributed by atoms with Crippen LogP contribution in [0.2, 0.25) is 0 Å². The van der Waals surface area contributed by atoms with Crippen molar-refractivity contribution in [3.05, 3.63) is 18.0 Å². The Hall–Kier alpha value is -1.40. The molecular formula is C17H27N3O3. The van der Waals surface area contributed by atoms with Gasteiger partial charge in [0.05, 0.1) is 19.3 Å². The highest BCUT2D eigenvalue weighted by atomic mass is 16.5. The molecule has 3 atom stereocenters. The van der Waals surface area contributed by atoms with Crippen LogP contribution in [0.25, 0.3) is 0 Å². The number of rotatable bonds is 5. The summed E-state index contributed by atoms with van der Waals surface area (Å²) >= 11 is 0. The first kappa shape index (κ1) is 16.5. The van der Waals surface area contributed by atoms with Crippen LogP contribution >= 0.6 is 0 Å². The van der Waals surface area contributed by atoms with Crippen molar-refractivity contribution in [3.63, 3.8) is 0 Å². The number of aromatic nitrogens is 2. The lowest BCUT2D eigenvalue weighted by Gasteiger charge is -2.37. The van der Waals surface area contributed by atoms with Crippen molar-refractivity contribution in [1.29, 1.82) is 0 Å². The smallest absolute Gasteiger partial charge is 0.274 e. The van der Waals surface area contributed by atoms with Gasteiger partial charge in [-0.05, 0) is 31.7 Å². The van der Waals surface area contributed by atoms with Crippen molar-refractivity contribution < 1.29 is 14.6 Å². The Morgan fingerprint density at radius 2 is 2.17 bits per heavy atom. The van der Waals surface area contributed by atoms with Crippen LogP contribution in [0, 0.1) is 5.92 Å². The largest absolute Gasteiger partial charge is 0.393 e. The predicted octanol–water partition coefficient (Wildman–Crippen LogP) is 1.69. The molecule has 1 N–H and O–H groups in total. The zero-order chi connectivity index (χ0) is 16.2. The Bertz CT molecular complexity index is 531. The SMILES string of the molecule is COCCn1ccc(C(=O)N2CCC[C@@H]2[C@@H]2CCCC[C@H]2O)n1. The number of methoxy groups -OCH3 is 1. The number of aliphatic hydroxyl groups excluding tert-OH is 1. The van der Waals surface area contributed by atoms with Crippen molar-refractivity contribution in [1.82, 2.24) is 14.7 Å². The molecule has 2 fully saturated rings. The molecule has 1 saturated heterocycles. The highest BCUT2D eigenvalue weighted by molar-refractivity contribution is 5.92. The van der Waals surface area contributed by atoms with Crippen LogP contribution in [0.4, 0.5) is 0 Å². The summed E-state index contributed by atoms with van der Waals surface area (Å²) in [5.41, 5.74) is 0.498. The fourth-order valence-electron chi connectivity index (χ4n) is 4.01. The first-order valence-electron chi connectivity index (χ1n) is 8.72. The fourth-order valence-corrected chi connectivity index (χ4v) is 4.01. The Labute approximate surface area is 137 Å². The van der Waals surface area contributed by atoms with Gasteiger partial charge in [-0.15, -0.1) is 0 Å². The number of hydrogen-bond acceptors (Lipinski definition) is 4. The molecule has 3 rings (SSSR count). The number of likely N-dealkylation sites (tertiary alicyclic amines) is 1. The van der Waals surface area contributed by atoms with Crippen molar-refractivity contribution in [2.45, 2.75) is 57.2 Å². The van der Waals surface area contributed by atoms with E-state index in [4.69, 9.17) is 4.74 Å². The number of hydrogen-bond donors (Lipinski definition) is 1. The summed E-state index contributed by atoms with van der Waals surface area (Å²) in [6, 6.07) is 1.95. The van der Waals surface area contributed by atoms with E-state index in [2.05, 4.69) is 5.10 Å². The molecule has 0 unspecified atom stereocenters. The zero-order valence-corrected chi connectivity index (χ0v) is 13.9. The van der Waals surface area contributed by atoms with Crippen LogP contribution in [0.5, 0.6) is 0 Å². The van der Waals surface area contributed by atoms with Gasteiger partial charge >= 0.3 is 0 Å². The first-order chi connectivity index (χ1) is 11.2. The Morgan fingerprint density at radius 1 is 1.35 bits per heavy atom. The molecule has 1 saturated carbocycles. The molecule has 2 aliphatic rings. The van der Waals surface area contributed by atoms with Crippen LogP contribution in [-0.4, -0.2) is 58.1 Å². The highest BCUT2D eigenvalue weighted by Crippen LogP contribution is 2.35. The highest BCUT2D eigenvalue weighted by Gasteiger charge is 2.39. The van der Waals surface area contributed by atoms with Gasteiger partial charge in [0, 0.05) is 31.8 Å². The van der Waals surface area contributed by atoms with E-state index >= 15 is 0 Å². The normalized spacial score (nSPS) is 28.3. The first-order valence-corrected chi connectivity index (χ1v) is 8.72. The minimum absolute atomic E-state index is 0.00133. The van der Waals surface area contributed by atoms with Gasteiger partial charge in [-0.2, -0.15) is 5.10 Å². The maximum Gasteiger partial charge on any atom is 0.274 e. The van der Waals surface area contributed by atoms with Crippen LogP contribution in [0.3, 0.4) is 0 Å². The molecular weight excluding hydrogens is 294 g/mol. The van der Waals surface area contributed by atoms with Crippen molar-refractivity contribution >= 4 is 5.91 Å². The van der Waals surface area contributed by atoms with E-state index in [-0.39, 0.29) is 24.0 Å². The maximum atomic E-state index is 12.8. The van der Waals surface area contributed by atoms with E-state index < -0.39 is 0 Å². The van der Waals surface area contributed by atoms with Crippen LogP contribution in [0.1, 0.15) is 49.0 Å². The molecule has 23 heavy (non-hydrogen) atoms. The average Bonchev–Trinajstić information content (AvgIpc) is 3.22. The minimum atomic E-state index is -0.263. The second-order valence-electron chi connectivity index (χ2n) is 6.68. The molecule has 128 valence electrons. The summed E-state index contributed by atoms with van der Waals surface area (Å²) in [5, 5.41) is 14.7. The van der Waals surface area contributed by atoms with Gasteiger partial charge in [-0.25, -0.2) is 0 Å². The van der Waals surface area contributed by atoms with E-state index in [9.17, 15) is 9.90 Å². The number of carbonyl (C=O) groups is 1. The fraction of sp³-hybridized carbons (Fsp3) is 0.765. The van der Waals surface area contributed by atoms with Gasteiger partial charge in [0.1, 0.15) is 5.69 Å². The van der Waals surface area contributed by atoms with Crippen LogP contribution in [0.15, 0.2) is 12.3 Å². The predicted molar refractivity (Wildman–Crippen MR) is 86.1 cm³/mol. The van der Waals surface area contributed by atoms with E-state index in [1.807, 2.05) is 11.1 Å². The van der Waals surface area contributed by atoms with Gasteiger partial charge < -0.3 is 14.7 Å². The molecule has 0 radical (unpaired) electrons. The molecule has 6 heteroatoms. The standard InChI is InChI=1S/C17H27N3O3/c1-23-12-11-19-10-8-14(18-19)17(22)20-9-4-6-15(20)13-5-2-3-7-16(13)21/h8,10,13,15-16,21H,2-7,9,11-12H2,1H3/t13-,15+,16+/m0/s1. The van der Waals surface area contributed by atoms with E-state index in [1.165, 1.54) is 0 Å². The topological polar surface area (TPSA) is 67.6 Å². The van der Waals surface area contributed by atoms with Gasteiger partial charge in [0.15, 0.2) is 0 Å². The number of amides is 1. The Morgan fingerprint density at radius 3 is 2.96 bits per heavy atom. The van der Waals surface area contributed by atoms with Gasteiger partial charge in [-0.3, -0.25) is 9.48 Å². The van der Waals surface area contributed by atoms with Gasteiger partial charge in [-0.1, -0.05) is 12.8 Å². The average molecular weight is 321 g/mol. The van der Waals surface area contributed by atoms with E-state index in [0.29, 0.717) is 18.8 Å². The molecule has 1 aromatic heterocycles. The van der Waals surface area contributed by atoms with E-state index in [1.54, 1.807) is 17.9 Å². The minimum Gasteiger partial charge on any atom is -0.393 e. The van der Waals surface area contributed by atoms with Gasteiger partial charge in [0.2, 0.25) is 0 Å². The summed E-state index contributed by atoms with van der Waals surface area (Å²) in [6.07, 6.45) is 7.73. The summed E-state index contributed by atoms with van der Waals surface area (Å²) in [7, 11) is 1.65. The number of nitrogens with zero attached hydrogens (tertiary/aromatic N) is 3. The Kier molecular flexibility index (Phi) is 5.33. The van der Waals surface area contributed by atoms with Gasteiger partial charge in [0.25, 0.3) is 5.91 Å². The summed E-state index contributed by atoms with van der Waals surface area (Å²) in [4.78, 5) is 14.8. The third kappa shape index (κ3) is 3.58. The van der Waals surface area contributed by atoms with Crippen molar-refractivity contribution in [2.24, 2.45) is 5.92 Å². The molecule has 2 heterocycles. The second kappa shape index (κ2) is 7.45. The van der Waals surface area contributed by atoms with Crippen molar-refractivity contribution in [2.75, 3.05) is 20.3 Å². The quantitative estimate of drug-likeness (QED) is 0.896. The number of aliphatic hydroxyl groups is 1. The molecule has 0 bridgehead atoms. The maximum absolute atomic E-state index is 12.8. The van der Waals surface area contributed by atoms with Crippen LogP contribution < -0.4 is 0 Å². The molecule has 6 nitrogen and oxygen atoms in total. The number of carbonyl (C=O) groups excluding carboxylic acids is 1. The molecule has 0 aromatic carbocycles. The lowest BCUT2D eigenvalue weighted by molar-refractivity contribution is 0.0209. The Balaban J connectivity index is 1.69. The summed E-state index contributed by atoms with van der Waals surface area (Å²) in [6.45, 7) is 2.00. The summed E-state index contributed by atoms with van der Waals surface area (Å²) in [5.74, 6) is 0.229. The van der Waals surface area contributed by atoms with Crippen molar-refractivity contribution in [3.8, 4) is 0 Å². The molecule has 1 aliphatic heterocycles. The monoisotopic (exact) mass is 321 g/mol. The summed E-state index contributed by atoms with van der Waals surface area (Å²) < 4.78 is 6.79. The van der Waals surface area contributed by atoms with Crippen LogP contribution in [-0.2, 0) is 11.3 Å².